The summed E-state index contributed by atoms with van der Waals surface area (Å²) in [5.41, 5.74) is 20.2. The average Bonchev–Trinajstić information content (AvgIpc) is 3.64. The average molecular weight is 825 g/mol. The number of halogens is 2. The Morgan fingerprint density at radius 3 is 1.58 bits per heavy atom. The van der Waals surface area contributed by atoms with Gasteiger partial charge in [0.25, 0.3) is 0 Å². The molecule has 0 saturated carbocycles. The summed E-state index contributed by atoms with van der Waals surface area (Å²) in [5.74, 6) is 0. The minimum absolute atomic E-state index is 0. The van der Waals surface area contributed by atoms with Crippen molar-refractivity contribution in [3.63, 3.8) is 0 Å². The minimum atomic E-state index is 0. The number of fused-ring (bicyclic) bond motifs is 3. The zero-order chi connectivity index (χ0) is 37.9. The van der Waals surface area contributed by atoms with Crippen LogP contribution in [-0.4, -0.2) is 3.21 Å². The third kappa shape index (κ3) is 12.3. The summed E-state index contributed by atoms with van der Waals surface area (Å²) in [6.45, 7) is 31.5. The molecule has 5 aromatic rings. The molecule has 0 nitrogen and oxygen atoms in total. The zero-order valence-corrected chi connectivity index (χ0v) is 38.9. The number of hydrogen-bond donors (Lipinski definition) is 0. The van der Waals surface area contributed by atoms with Crippen molar-refractivity contribution in [3.8, 4) is 11.1 Å². The van der Waals surface area contributed by atoms with Gasteiger partial charge >= 0.3 is 112 Å². The molecule has 53 heavy (non-hydrogen) atoms. The van der Waals surface area contributed by atoms with E-state index in [4.69, 9.17) is 0 Å². The van der Waals surface area contributed by atoms with E-state index in [-0.39, 0.29) is 35.6 Å². The molecule has 0 bridgehead atoms. The van der Waals surface area contributed by atoms with Crippen molar-refractivity contribution >= 4 is 3.21 Å². The van der Waals surface area contributed by atoms with Gasteiger partial charge in [0.05, 0.1) is 0 Å². The van der Waals surface area contributed by atoms with Crippen molar-refractivity contribution in [1.29, 1.82) is 0 Å². The molecule has 5 aromatic carbocycles. The monoisotopic (exact) mass is 822 g/mol. The molecule has 0 unspecified atom stereocenters. The van der Waals surface area contributed by atoms with Crippen LogP contribution < -0.4 is 24.8 Å². The van der Waals surface area contributed by atoms with Crippen LogP contribution in [0.5, 0.6) is 0 Å². The predicted octanol–water partition coefficient (Wildman–Crippen LogP) is 7.35. The second-order valence-electron chi connectivity index (χ2n) is 17.8. The molecular weight excluding hydrogens is 763 g/mol. The molecule has 0 heterocycles. The van der Waals surface area contributed by atoms with E-state index in [1.807, 2.05) is 0 Å². The Kier molecular flexibility index (Phi) is 16.7. The fourth-order valence-electron chi connectivity index (χ4n) is 7.03. The van der Waals surface area contributed by atoms with Gasteiger partial charge in [-0.05, 0) is 35.4 Å². The summed E-state index contributed by atoms with van der Waals surface area (Å²) < 4.78 is 1.42. The molecule has 0 fully saturated rings. The van der Waals surface area contributed by atoms with Crippen molar-refractivity contribution in [2.24, 2.45) is 0 Å². The van der Waals surface area contributed by atoms with Gasteiger partial charge in [0.2, 0.25) is 0 Å². The third-order valence-electron chi connectivity index (χ3n) is 9.98. The third-order valence-corrected chi connectivity index (χ3v) is 11.4. The predicted molar refractivity (Wildman–Crippen MR) is 221 cm³/mol. The summed E-state index contributed by atoms with van der Waals surface area (Å²) in [6.07, 6.45) is 3.49. The van der Waals surface area contributed by atoms with E-state index in [2.05, 4.69) is 188 Å². The fourth-order valence-corrected chi connectivity index (χ4v) is 7.85. The van der Waals surface area contributed by atoms with E-state index >= 15 is 0 Å². The number of benzene rings is 4. The second kappa shape index (κ2) is 18.9. The molecule has 1 aliphatic rings. The van der Waals surface area contributed by atoms with Crippen LogP contribution in [0.15, 0.2) is 84.9 Å². The van der Waals surface area contributed by atoms with E-state index in [0.29, 0.717) is 5.41 Å². The number of rotatable bonds is 4. The first kappa shape index (κ1) is 46.7. The maximum Gasteiger partial charge on any atom is -1.00 e. The van der Waals surface area contributed by atoms with E-state index in [9.17, 15) is 0 Å². The van der Waals surface area contributed by atoms with Gasteiger partial charge in [0.1, 0.15) is 0 Å². The fraction of sp³-hybridized carbons (Fsp3) is 0.400. The van der Waals surface area contributed by atoms with Crippen molar-refractivity contribution < 1.29 is 49.0 Å². The molecule has 6 rings (SSSR count). The molecule has 0 aliphatic heterocycles. The van der Waals surface area contributed by atoms with Crippen molar-refractivity contribution in [3.05, 3.63) is 158 Å². The molecule has 0 radical (unpaired) electrons. The van der Waals surface area contributed by atoms with Crippen molar-refractivity contribution in [1.82, 2.24) is 0 Å². The first-order valence-corrected chi connectivity index (χ1v) is 20.1. The topological polar surface area (TPSA) is 0 Å². The molecule has 1 aliphatic carbocycles. The Balaban J connectivity index is 0.000000285. The molecule has 0 aromatic heterocycles. The zero-order valence-electron chi connectivity index (χ0n) is 35.0. The quantitative estimate of drug-likeness (QED) is 0.163. The maximum atomic E-state index is 3.69. The Morgan fingerprint density at radius 2 is 1.15 bits per heavy atom. The first-order valence-electron chi connectivity index (χ1n) is 18.9. The molecule has 0 saturated heterocycles. The minimum Gasteiger partial charge on any atom is -1.00 e. The van der Waals surface area contributed by atoms with Crippen LogP contribution in [0.4, 0.5) is 0 Å². The second-order valence-corrected chi connectivity index (χ2v) is 19.0. The number of aryl methyl sites for hydroxylation is 5. The molecule has 0 atom stereocenters. The van der Waals surface area contributed by atoms with Gasteiger partial charge in [0.15, 0.2) is 0 Å². The van der Waals surface area contributed by atoms with Crippen LogP contribution in [0.1, 0.15) is 142 Å². The normalized spacial score (nSPS) is 11.8. The van der Waals surface area contributed by atoms with Crippen LogP contribution in [-0.2, 0) is 53.3 Å². The van der Waals surface area contributed by atoms with Crippen LogP contribution in [0.2, 0.25) is 0 Å². The SMILES string of the molecule is CCCc1cc(C(C)(C)C)c[cH-]1.Cc1[c-]c2c(cc1C(C)(C)C)-c1cc(C(C)(C)C)c(C)cc1C2.Cc1ccc([C](=[Zr+2])c2ccc(C)cc2)cc1.[Cl-].[Cl-]. The van der Waals surface area contributed by atoms with E-state index in [1.165, 1.54) is 118 Å². The smallest absolute Gasteiger partial charge is 1.00 e. The summed E-state index contributed by atoms with van der Waals surface area (Å²) >= 11 is 1.46. The summed E-state index contributed by atoms with van der Waals surface area (Å²) in [4.78, 5) is 0. The Hall–Kier alpha value is -2.44. The molecular formula is C50H62Cl2Zr-2. The van der Waals surface area contributed by atoms with Gasteiger partial charge in [-0.1, -0.05) is 118 Å². The van der Waals surface area contributed by atoms with Gasteiger partial charge in [-0.3, -0.25) is 0 Å². The molecule has 0 spiro atoms. The maximum absolute atomic E-state index is 3.69. The molecule has 0 amide bonds. The van der Waals surface area contributed by atoms with Crippen LogP contribution in [0, 0.1) is 33.8 Å². The van der Waals surface area contributed by atoms with E-state index in [1.54, 1.807) is 0 Å². The van der Waals surface area contributed by atoms with Crippen LogP contribution in [0.3, 0.4) is 0 Å². The summed E-state index contributed by atoms with van der Waals surface area (Å²) in [7, 11) is 0. The number of hydrogen-bond acceptors (Lipinski definition) is 0. The summed E-state index contributed by atoms with van der Waals surface area (Å²) in [5, 5.41) is 0. The van der Waals surface area contributed by atoms with Gasteiger partial charge < -0.3 is 24.8 Å². The molecule has 3 heteroatoms. The summed E-state index contributed by atoms with van der Waals surface area (Å²) in [6, 6.07) is 35.3. The molecule has 0 N–H and O–H groups in total. The largest absolute Gasteiger partial charge is 1.00 e. The van der Waals surface area contributed by atoms with Crippen LogP contribution in [0.25, 0.3) is 11.1 Å². The van der Waals surface area contributed by atoms with E-state index < -0.39 is 0 Å². The van der Waals surface area contributed by atoms with Gasteiger partial charge in [-0.2, -0.15) is 41.0 Å². The Morgan fingerprint density at radius 1 is 0.660 bits per heavy atom. The van der Waals surface area contributed by atoms with Gasteiger partial charge in [0, 0.05) is 0 Å². The van der Waals surface area contributed by atoms with E-state index in [0.717, 1.165) is 6.42 Å². The first-order chi connectivity index (χ1) is 23.7. The Bertz CT molecular complexity index is 1840. The molecule has 282 valence electrons. The Labute approximate surface area is 351 Å². The standard InChI is InChI=1S/C23H29.C15H14.C12H19.2ClH.Zr/c1-14-9-16-11-17-10-15(2)21(23(6,7)8)13-19(17)18(16)12-20(14)22(3,4)5;1-12-3-7-14(8-4-12)11-15-9-5-13(2)6-10-15;1-5-6-10-7-8-11(9-10)12(2,3)4;;;/h9,12-13H,11H2,1-8H3;3-10H,1-2H3;7-9H,5-6H2,1-4H3;2*1H;/q-1;;-1;;;+2/p-2. The van der Waals surface area contributed by atoms with Gasteiger partial charge in [-0.15, -0.1) is 16.7 Å². The van der Waals surface area contributed by atoms with Crippen molar-refractivity contribution in [2.45, 2.75) is 132 Å². The van der Waals surface area contributed by atoms with Crippen LogP contribution >= 0.6 is 0 Å². The van der Waals surface area contributed by atoms with Crippen molar-refractivity contribution in [2.75, 3.05) is 0 Å². The van der Waals surface area contributed by atoms with Gasteiger partial charge in [-0.25, -0.2) is 6.07 Å².